The first kappa shape index (κ1) is 21.3. The molecule has 1 amide bonds. The Morgan fingerprint density at radius 3 is 2.76 bits per heavy atom. The molecule has 1 N–H and O–H groups in total. The zero-order valence-electron chi connectivity index (χ0n) is 16.4. The molecule has 0 atom stereocenters. The third-order valence-electron chi connectivity index (χ3n) is 4.26. The van der Waals surface area contributed by atoms with Crippen LogP contribution >= 0.6 is 27.3 Å². The molecule has 1 heterocycles. The van der Waals surface area contributed by atoms with Crippen LogP contribution in [0.5, 0.6) is 5.75 Å². The van der Waals surface area contributed by atoms with Gasteiger partial charge in [0, 0.05) is 4.47 Å². The monoisotopic (exact) mass is 476 g/mol. The lowest BCUT2D eigenvalue weighted by molar-refractivity contribution is 0.0500. The molecule has 2 aromatic carbocycles. The van der Waals surface area contributed by atoms with Crippen LogP contribution in [-0.2, 0) is 4.74 Å². The van der Waals surface area contributed by atoms with Crippen LogP contribution in [0.2, 0.25) is 0 Å². The van der Waals surface area contributed by atoms with Crippen LogP contribution in [-0.4, -0.2) is 30.6 Å². The van der Waals surface area contributed by atoms with Crippen LogP contribution < -0.4 is 10.1 Å². The highest BCUT2D eigenvalue weighted by molar-refractivity contribution is 9.10. The highest BCUT2D eigenvalue weighted by Crippen LogP contribution is 2.31. The van der Waals surface area contributed by atoms with Gasteiger partial charge in [-0.3, -0.25) is 10.1 Å². The van der Waals surface area contributed by atoms with E-state index in [2.05, 4.69) is 26.2 Å². The third-order valence-corrected chi connectivity index (χ3v) is 5.66. The average molecular weight is 477 g/mol. The number of thiazole rings is 1. The second-order valence-electron chi connectivity index (χ2n) is 6.45. The number of unbranched alkanes of at least 4 members (excludes halogenated alkanes) is 1. The van der Waals surface area contributed by atoms with Gasteiger partial charge in [-0.1, -0.05) is 40.6 Å². The molecule has 0 fully saturated rings. The maximum Gasteiger partial charge on any atom is 0.338 e. The van der Waals surface area contributed by atoms with E-state index in [4.69, 9.17) is 9.47 Å². The van der Waals surface area contributed by atoms with Gasteiger partial charge in [-0.2, -0.15) is 0 Å². The van der Waals surface area contributed by atoms with E-state index in [9.17, 15) is 9.59 Å². The molecule has 0 aliphatic rings. The number of aryl methyl sites for hydroxylation is 1. The van der Waals surface area contributed by atoms with Gasteiger partial charge < -0.3 is 9.47 Å². The van der Waals surface area contributed by atoms with Crippen molar-refractivity contribution in [1.82, 2.24) is 4.98 Å². The first-order valence-electron chi connectivity index (χ1n) is 9.16. The number of ether oxygens (including phenoxy) is 2. The van der Waals surface area contributed by atoms with Crippen LogP contribution in [0.4, 0.5) is 5.13 Å². The Labute approximate surface area is 181 Å². The van der Waals surface area contributed by atoms with Crippen molar-refractivity contribution in [2.75, 3.05) is 19.0 Å². The van der Waals surface area contributed by atoms with Crippen LogP contribution in [0.3, 0.4) is 0 Å². The Hall–Kier alpha value is -2.45. The predicted molar refractivity (Wildman–Crippen MR) is 118 cm³/mol. The van der Waals surface area contributed by atoms with Crippen molar-refractivity contribution in [1.29, 1.82) is 0 Å². The number of rotatable bonds is 7. The van der Waals surface area contributed by atoms with Crippen LogP contribution in [0.25, 0.3) is 10.2 Å². The summed E-state index contributed by atoms with van der Waals surface area (Å²) in [6.45, 7) is 4.32. The third kappa shape index (κ3) is 4.94. The molecule has 3 rings (SSSR count). The Morgan fingerprint density at radius 2 is 2.03 bits per heavy atom. The molecule has 3 aromatic rings. The molecule has 0 bridgehead atoms. The summed E-state index contributed by atoms with van der Waals surface area (Å²) in [4.78, 5) is 29.4. The molecule has 0 aliphatic carbocycles. The fourth-order valence-electron chi connectivity index (χ4n) is 2.83. The number of amides is 1. The van der Waals surface area contributed by atoms with E-state index in [1.54, 1.807) is 24.3 Å². The molecule has 6 nitrogen and oxygen atoms in total. The fourth-order valence-corrected chi connectivity index (χ4v) is 4.30. The Bertz CT molecular complexity index is 1060. The number of aromatic nitrogens is 1. The molecule has 8 heteroatoms. The molecule has 0 radical (unpaired) electrons. The van der Waals surface area contributed by atoms with Gasteiger partial charge in [0.15, 0.2) is 5.13 Å². The van der Waals surface area contributed by atoms with Crippen molar-refractivity contribution in [3.63, 3.8) is 0 Å². The molecular weight excluding hydrogens is 456 g/mol. The summed E-state index contributed by atoms with van der Waals surface area (Å²) in [7, 11) is 1.53. The maximum atomic E-state index is 12.8. The first-order valence-corrected chi connectivity index (χ1v) is 10.8. The minimum Gasteiger partial charge on any atom is -0.496 e. The summed E-state index contributed by atoms with van der Waals surface area (Å²) < 4.78 is 12.2. The van der Waals surface area contributed by atoms with Gasteiger partial charge in [0.05, 0.1) is 35.1 Å². The Morgan fingerprint density at radius 1 is 1.24 bits per heavy atom. The zero-order valence-corrected chi connectivity index (χ0v) is 18.8. The van der Waals surface area contributed by atoms with Crippen LogP contribution in [0.15, 0.2) is 34.8 Å². The first-order chi connectivity index (χ1) is 13.9. The Kier molecular flexibility index (Phi) is 6.87. The quantitative estimate of drug-likeness (QED) is 0.355. The number of hydrogen-bond donors (Lipinski definition) is 1. The van der Waals surface area contributed by atoms with Crippen molar-refractivity contribution in [2.24, 2.45) is 0 Å². The lowest BCUT2D eigenvalue weighted by Gasteiger charge is -2.11. The van der Waals surface area contributed by atoms with Crippen molar-refractivity contribution in [2.45, 2.75) is 26.7 Å². The minimum atomic E-state index is -0.353. The summed E-state index contributed by atoms with van der Waals surface area (Å²) in [5.74, 6) is -0.151. The molecule has 0 saturated heterocycles. The van der Waals surface area contributed by atoms with Crippen molar-refractivity contribution in [3.05, 3.63) is 51.5 Å². The largest absolute Gasteiger partial charge is 0.496 e. The number of methoxy groups -OCH3 is 1. The summed E-state index contributed by atoms with van der Waals surface area (Å²) >= 11 is 4.71. The smallest absolute Gasteiger partial charge is 0.338 e. The van der Waals surface area contributed by atoms with E-state index in [-0.39, 0.29) is 11.9 Å². The molecule has 0 unspecified atom stereocenters. The van der Waals surface area contributed by atoms with Gasteiger partial charge in [-0.25, -0.2) is 9.78 Å². The number of esters is 1. The van der Waals surface area contributed by atoms with Gasteiger partial charge in [0.1, 0.15) is 5.75 Å². The Balaban J connectivity index is 1.81. The van der Waals surface area contributed by atoms with Crippen molar-refractivity contribution >= 4 is 54.5 Å². The van der Waals surface area contributed by atoms with Crippen LogP contribution in [0, 0.1) is 6.92 Å². The van der Waals surface area contributed by atoms with E-state index < -0.39 is 0 Å². The van der Waals surface area contributed by atoms with E-state index >= 15 is 0 Å². The summed E-state index contributed by atoms with van der Waals surface area (Å²) in [5, 5.41) is 3.26. The molecule has 0 aliphatic heterocycles. The SMILES string of the molecule is CCCCOC(=O)c1ccc2nc(NC(=O)c3cc(Br)cc(C)c3OC)sc2c1. The van der Waals surface area contributed by atoms with E-state index in [0.717, 1.165) is 27.6 Å². The minimum absolute atomic E-state index is 0.315. The lowest BCUT2D eigenvalue weighted by atomic mass is 10.1. The molecular formula is C21H21BrN2O4S. The summed E-state index contributed by atoms with van der Waals surface area (Å²) in [6, 6.07) is 8.76. The number of nitrogens with zero attached hydrogens (tertiary/aromatic N) is 1. The fraction of sp³-hybridized carbons (Fsp3) is 0.286. The van der Waals surface area contributed by atoms with Gasteiger partial charge in [-0.05, 0) is 49.2 Å². The number of carbonyl (C=O) groups excluding carboxylic acids is 2. The number of halogens is 1. The maximum absolute atomic E-state index is 12.8. The van der Waals surface area contributed by atoms with Gasteiger partial charge in [0.2, 0.25) is 0 Å². The number of nitrogens with one attached hydrogen (secondary N) is 1. The van der Waals surface area contributed by atoms with Crippen molar-refractivity contribution < 1.29 is 19.1 Å². The topological polar surface area (TPSA) is 77.5 Å². The number of carbonyl (C=O) groups is 2. The van der Waals surface area contributed by atoms with E-state index in [1.165, 1.54) is 18.4 Å². The number of fused-ring (bicyclic) bond motifs is 1. The van der Waals surface area contributed by atoms with Gasteiger partial charge in [-0.15, -0.1) is 0 Å². The molecule has 1 aromatic heterocycles. The summed E-state index contributed by atoms with van der Waals surface area (Å²) in [6.07, 6.45) is 1.80. The second kappa shape index (κ2) is 9.37. The second-order valence-corrected chi connectivity index (χ2v) is 8.39. The molecule has 152 valence electrons. The van der Waals surface area contributed by atoms with Crippen molar-refractivity contribution in [3.8, 4) is 5.75 Å². The van der Waals surface area contributed by atoms with Gasteiger partial charge >= 0.3 is 5.97 Å². The normalized spacial score (nSPS) is 10.8. The lowest BCUT2D eigenvalue weighted by Crippen LogP contribution is -2.13. The number of benzene rings is 2. The highest BCUT2D eigenvalue weighted by atomic mass is 79.9. The molecule has 0 spiro atoms. The number of hydrogen-bond acceptors (Lipinski definition) is 6. The van der Waals surface area contributed by atoms with Gasteiger partial charge in [0.25, 0.3) is 5.91 Å². The van der Waals surface area contributed by atoms with Crippen LogP contribution in [0.1, 0.15) is 46.0 Å². The standard InChI is InChI=1S/C21H21BrN2O4S/c1-4-5-8-28-20(26)13-6-7-16-17(10-13)29-21(23-16)24-19(25)15-11-14(22)9-12(2)18(15)27-3/h6-7,9-11H,4-5,8H2,1-3H3,(H,23,24,25). The molecule has 0 saturated carbocycles. The van der Waals surface area contributed by atoms with E-state index in [0.29, 0.717) is 34.1 Å². The average Bonchev–Trinajstić information content (AvgIpc) is 3.08. The zero-order chi connectivity index (χ0) is 21.0. The van der Waals surface area contributed by atoms with E-state index in [1.807, 2.05) is 19.9 Å². The predicted octanol–water partition coefficient (Wildman–Crippen LogP) is 5.59. The summed E-state index contributed by atoms with van der Waals surface area (Å²) in [5.41, 5.74) is 2.44. The highest BCUT2D eigenvalue weighted by Gasteiger charge is 2.18. The molecule has 29 heavy (non-hydrogen) atoms. The number of anilines is 1.